The van der Waals surface area contributed by atoms with Crippen LogP contribution in [0, 0.1) is 0 Å². The summed E-state index contributed by atoms with van der Waals surface area (Å²) in [7, 11) is 3.18. The van der Waals surface area contributed by atoms with Crippen molar-refractivity contribution in [2.75, 3.05) is 58.4 Å². The van der Waals surface area contributed by atoms with Crippen LogP contribution in [0.4, 0.5) is 5.69 Å². The van der Waals surface area contributed by atoms with Crippen molar-refractivity contribution in [3.63, 3.8) is 0 Å². The van der Waals surface area contributed by atoms with Crippen molar-refractivity contribution in [3.8, 4) is 11.5 Å². The third kappa shape index (κ3) is 5.36. The van der Waals surface area contributed by atoms with E-state index in [-0.39, 0.29) is 6.54 Å². The molecule has 2 aromatic carbocycles. The molecule has 1 unspecified atom stereocenters. The SMILES string of the molecule is CCNC(=NCC(O)c1ccc(OC)c(OC)c1)N1CCN(c2ccccc2)CC1. The largest absolute Gasteiger partial charge is 0.493 e. The summed E-state index contributed by atoms with van der Waals surface area (Å²) >= 11 is 0. The molecule has 7 nitrogen and oxygen atoms in total. The van der Waals surface area contributed by atoms with Crippen LogP contribution in [-0.2, 0) is 0 Å². The van der Waals surface area contributed by atoms with Crippen LogP contribution in [0.15, 0.2) is 53.5 Å². The van der Waals surface area contributed by atoms with Crippen molar-refractivity contribution < 1.29 is 14.6 Å². The number of piperazine rings is 1. The van der Waals surface area contributed by atoms with Gasteiger partial charge >= 0.3 is 0 Å². The van der Waals surface area contributed by atoms with Gasteiger partial charge in [-0.15, -0.1) is 0 Å². The predicted octanol–water partition coefficient (Wildman–Crippen LogP) is 2.52. The number of guanidine groups is 1. The number of para-hydroxylation sites is 1. The highest BCUT2D eigenvalue weighted by Crippen LogP contribution is 2.30. The number of hydrogen-bond donors (Lipinski definition) is 2. The molecule has 2 aromatic rings. The number of aliphatic imine (C=N–C) groups is 1. The van der Waals surface area contributed by atoms with E-state index in [0.29, 0.717) is 11.5 Å². The first-order chi connectivity index (χ1) is 14.7. The van der Waals surface area contributed by atoms with Crippen LogP contribution < -0.4 is 19.7 Å². The highest BCUT2D eigenvalue weighted by Gasteiger charge is 2.20. The zero-order chi connectivity index (χ0) is 21.3. The van der Waals surface area contributed by atoms with Crippen molar-refractivity contribution in [1.82, 2.24) is 10.2 Å². The van der Waals surface area contributed by atoms with Crippen molar-refractivity contribution >= 4 is 11.6 Å². The maximum atomic E-state index is 10.7. The standard InChI is InChI=1S/C23H32N4O3/c1-4-24-23(27-14-12-26(13-15-27)19-8-6-5-7-9-19)25-17-20(28)18-10-11-21(29-2)22(16-18)30-3/h5-11,16,20,28H,4,12-15,17H2,1-3H3,(H,24,25). The second kappa shape index (κ2) is 10.7. The molecule has 0 aromatic heterocycles. The molecule has 0 bridgehead atoms. The lowest BCUT2D eigenvalue weighted by atomic mass is 10.1. The minimum atomic E-state index is -0.718. The molecular weight excluding hydrogens is 380 g/mol. The number of ether oxygens (including phenoxy) is 2. The molecule has 7 heteroatoms. The lowest BCUT2D eigenvalue weighted by molar-refractivity contribution is 0.186. The van der Waals surface area contributed by atoms with Crippen LogP contribution in [0.25, 0.3) is 0 Å². The van der Waals surface area contributed by atoms with E-state index in [4.69, 9.17) is 14.5 Å². The van der Waals surface area contributed by atoms with E-state index < -0.39 is 6.10 Å². The second-order valence-corrected chi connectivity index (χ2v) is 7.13. The smallest absolute Gasteiger partial charge is 0.194 e. The molecule has 1 heterocycles. The quantitative estimate of drug-likeness (QED) is 0.538. The summed E-state index contributed by atoms with van der Waals surface area (Å²) in [5.74, 6) is 2.08. The van der Waals surface area contributed by atoms with E-state index >= 15 is 0 Å². The van der Waals surface area contributed by atoms with Crippen molar-refractivity contribution in [2.45, 2.75) is 13.0 Å². The zero-order valence-electron chi connectivity index (χ0n) is 18.0. The van der Waals surface area contributed by atoms with E-state index in [1.165, 1.54) is 5.69 Å². The molecule has 30 heavy (non-hydrogen) atoms. The lowest BCUT2D eigenvalue weighted by Gasteiger charge is -2.37. The fourth-order valence-corrected chi connectivity index (χ4v) is 3.58. The summed E-state index contributed by atoms with van der Waals surface area (Å²) in [5.41, 5.74) is 2.00. The van der Waals surface area contributed by atoms with Gasteiger partial charge in [0, 0.05) is 38.4 Å². The summed E-state index contributed by atoms with van der Waals surface area (Å²) in [5, 5.41) is 14.0. The Kier molecular flexibility index (Phi) is 7.79. The third-order valence-electron chi connectivity index (χ3n) is 5.24. The van der Waals surface area contributed by atoms with Crippen molar-refractivity contribution in [1.29, 1.82) is 0 Å². The molecule has 1 aliphatic heterocycles. The molecule has 1 fully saturated rings. The van der Waals surface area contributed by atoms with Crippen LogP contribution in [0.2, 0.25) is 0 Å². The Balaban J connectivity index is 1.63. The van der Waals surface area contributed by atoms with Gasteiger partial charge in [0.1, 0.15) is 0 Å². The van der Waals surface area contributed by atoms with Gasteiger partial charge < -0.3 is 29.7 Å². The van der Waals surface area contributed by atoms with E-state index in [0.717, 1.165) is 44.2 Å². The minimum absolute atomic E-state index is 0.275. The first kappa shape index (κ1) is 21.8. The summed E-state index contributed by atoms with van der Waals surface area (Å²) in [6, 6.07) is 15.9. The van der Waals surface area contributed by atoms with Crippen LogP contribution >= 0.6 is 0 Å². The van der Waals surface area contributed by atoms with Crippen LogP contribution in [0.1, 0.15) is 18.6 Å². The molecule has 0 aliphatic carbocycles. The van der Waals surface area contributed by atoms with Gasteiger partial charge in [0.2, 0.25) is 0 Å². The average Bonchev–Trinajstić information content (AvgIpc) is 2.81. The van der Waals surface area contributed by atoms with Crippen LogP contribution in [0.5, 0.6) is 11.5 Å². The summed E-state index contributed by atoms with van der Waals surface area (Å²) in [4.78, 5) is 9.34. The maximum Gasteiger partial charge on any atom is 0.194 e. The summed E-state index contributed by atoms with van der Waals surface area (Å²) in [6.07, 6.45) is -0.718. The number of aliphatic hydroxyl groups is 1. The molecule has 162 valence electrons. The highest BCUT2D eigenvalue weighted by atomic mass is 16.5. The number of anilines is 1. The molecule has 0 amide bonds. The fraction of sp³-hybridized carbons (Fsp3) is 0.435. The van der Waals surface area contributed by atoms with E-state index in [9.17, 15) is 5.11 Å². The zero-order valence-corrected chi connectivity index (χ0v) is 18.0. The minimum Gasteiger partial charge on any atom is -0.493 e. The third-order valence-corrected chi connectivity index (χ3v) is 5.24. The Morgan fingerprint density at radius 1 is 1.03 bits per heavy atom. The van der Waals surface area contributed by atoms with Gasteiger partial charge in [-0.05, 0) is 36.8 Å². The fourth-order valence-electron chi connectivity index (χ4n) is 3.58. The first-order valence-electron chi connectivity index (χ1n) is 10.4. The second-order valence-electron chi connectivity index (χ2n) is 7.13. The monoisotopic (exact) mass is 412 g/mol. The Morgan fingerprint density at radius 2 is 1.73 bits per heavy atom. The number of hydrogen-bond acceptors (Lipinski definition) is 5. The molecule has 0 spiro atoms. The number of aliphatic hydroxyl groups excluding tert-OH is 1. The number of nitrogens with one attached hydrogen (secondary N) is 1. The Labute approximate surface area is 178 Å². The average molecular weight is 413 g/mol. The van der Waals surface area contributed by atoms with E-state index in [1.807, 2.05) is 12.1 Å². The highest BCUT2D eigenvalue weighted by molar-refractivity contribution is 5.80. The van der Waals surface area contributed by atoms with Crippen LogP contribution in [0.3, 0.4) is 0 Å². The van der Waals surface area contributed by atoms with Gasteiger partial charge in [-0.3, -0.25) is 4.99 Å². The molecule has 0 saturated carbocycles. The first-order valence-corrected chi connectivity index (χ1v) is 10.4. The van der Waals surface area contributed by atoms with Crippen LogP contribution in [-0.4, -0.2) is 69.5 Å². The molecule has 2 N–H and O–H groups in total. The van der Waals surface area contributed by atoms with Gasteiger partial charge in [0.05, 0.1) is 26.9 Å². The molecule has 0 radical (unpaired) electrons. The van der Waals surface area contributed by atoms with E-state index in [2.05, 4.69) is 46.3 Å². The van der Waals surface area contributed by atoms with Gasteiger partial charge in [0.15, 0.2) is 17.5 Å². The Bertz CT molecular complexity index is 820. The molecule has 3 rings (SSSR count). The normalized spacial score (nSPS) is 15.7. The van der Waals surface area contributed by atoms with Crippen molar-refractivity contribution in [3.05, 3.63) is 54.1 Å². The Morgan fingerprint density at radius 3 is 2.37 bits per heavy atom. The molecule has 1 saturated heterocycles. The summed E-state index contributed by atoms with van der Waals surface area (Å²) in [6.45, 7) is 6.75. The molecular formula is C23H32N4O3. The molecule has 1 aliphatic rings. The lowest BCUT2D eigenvalue weighted by Crippen LogP contribution is -2.52. The number of benzene rings is 2. The van der Waals surface area contributed by atoms with Gasteiger partial charge in [-0.2, -0.15) is 0 Å². The van der Waals surface area contributed by atoms with Gasteiger partial charge in [-0.25, -0.2) is 0 Å². The molecule has 1 atom stereocenters. The topological polar surface area (TPSA) is 69.6 Å². The van der Waals surface area contributed by atoms with Crippen molar-refractivity contribution in [2.24, 2.45) is 4.99 Å². The Hall–Kier alpha value is -2.93. The number of nitrogens with zero attached hydrogens (tertiary/aromatic N) is 3. The van der Waals surface area contributed by atoms with Gasteiger partial charge in [-0.1, -0.05) is 24.3 Å². The summed E-state index contributed by atoms with van der Waals surface area (Å²) < 4.78 is 10.6. The van der Waals surface area contributed by atoms with E-state index in [1.54, 1.807) is 26.4 Å². The predicted molar refractivity (Wildman–Crippen MR) is 121 cm³/mol. The maximum absolute atomic E-state index is 10.7. The number of methoxy groups -OCH3 is 2. The van der Waals surface area contributed by atoms with Gasteiger partial charge in [0.25, 0.3) is 0 Å². The number of rotatable bonds is 7.